The minimum atomic E-state index is -0.183. The van der Waals surface area contributed by atoms with Crippen molar-refractivity contribution in [2.75, 3.05) is 10.6 Å². The first kappa shape index (κ1) is 18.5. The summed E-state index contributed by atoms with van der Waals surface area (Å²) in [5.74, 6) is 0.264. The summed E-state index contributed by atoms with van der Waals surface area (Å²) in [6.45, 7) is 0. The summed E-state index contributed by atoms with van der Waals surface area (Å²) in [7, 11) is 0. The summed E-state index contributed by atoms with van der Waals surface area (Å²) in [4.78, 5) is 28.8. The van der Waals surface area contributed by atoms with Gasteiger partial charge in [-0.15, -0.1) is 0 Å². The van der Waals surface area contributed by atoms with Crippen LogP contribution < -0.4 is 10.6 Å². The molecule has 5 aromatic rings. The molecule has 0 fully saturated rings. The fraction of sp³-hybridized carbons (Fsp3) is 0. The number of nitrogens with one attached hydrogen (secondary N) is 3. The van der Waals surface area contributed by atoms with Gasteiger partial charge in [-0.05, 0) is 48.5 Å². The zero-order valence-electron chi connectivity index (χ0n) is 16.4. The Morgan fingerprint density at radius 1 is 0.839 bits per heavy atom. The van der Waals surface area contributed by atoms with E-state index in [1.54, 1.807) is 24.7 Å². The minimum Gasteiger partial charge on any atom is -0.345 e. The Morgan fingerprint density at radius 3 is 2.61 bits per heavy atom. The second-order valence-electron chi connectivity index (χ2n) is 6.93. The van der Waals surface area contributed by atoms with Crippen molar-refractivity contribution in [1.82, 2.24) is 19.9 Å². The van der Waals surface area contributed by atoms with E-state index in [9.17, 15) is 4.79 Å². The molecular weight excluding hydrogens is 388 g/mol. The van der Waals surface area contributed by atoms with Crippen LogP contribution >= 0.6 is 0 Å². The number of imidazole rings is 1. The highest BCUT2D eigenvalue weighted by Gasteiger charge is 2.09. The number of benzene rings is 3. The summed E-state index contributed by atoms with van der Waals surface area (Å²) in [5.41, 5.74) is 5.60. The first-order chi connectivity index (χ1) is 15.2. The van der Waals surface area contributed by atoms with Crippen LogP contribution in [-0.2, 0) is 0 Å². The number of aromatic amines is 1. The van der Waals surface area contributed by atoms with Gasteiger partial charge in [-0.1, -0.05) is 30.3 Å². The van der Waals surface area contributed by atoms with Crippen LogP contribution in [-0.4, -0.2) is 25.8 Å². The average Bonchev–Trinajstić information content (AvgIpc) is 3.28. The molecule has 150 valence electrons. The number of anilines is 3. The Labute approximate surface area is 178 Å². The van der Waals surface area contributed by atoms with Crippen molar-refractivity contribution in [3.05, 3.63) is 97.0 Å². The van der Waals surface area contributed by atoms with Crippen LogP contribution in [0.3, 0.4) is 0 Å². The second kappa shape index (κ2) is 8.08. The van der Waals surface area contributed by atoms with Crippen molar-refractivity contribution < 1.29 is 4.79 Å². The van der Waals surface area contributed by atoms with E-state index in [4.69, 9.17) is 0 Å². The van der Waals surface area contributed by atoms with Crippen LogP contribution in [0.4, 0.5) is 17.3 Å². The average molecular weight is 406 g/mol. The fourth-order valence-corrected chi connectivity index (χ4v) is 3.27. The molecule has 0 unspecified atom stereocenters. The molecule has 7 heteroatoms. The topological polar surface area (TPSA) is 95.6 Å². The zero-order valence-corrected chi connectivity index (χ0v) is 16.4. The molecule has 0 atom stereocenters. The van der Waals surface area contributed by atoms with E-state index in [0.29, 0.717) is 11.5 Å². The van der Waals surface area contributed by atoms with Crippen molar-refractivity contribution in [2.24, 2.45) is 0 Å². The molecule has 3 aromatic carbocycles. The Kier molecular flexibility index (Phi) is 4.82. The van der Waals surface area contributed by atoms with Gasteiger partial charge < -0.3 is 15.6 Å². The maximum absolute atomic E-state index is 12.6. The number of hydrogen-bond acceptors (Lipinski definition) is 5. The lowest BCUT2D eigenvalue weighted by molar-refractivity contribution is 0.102. The van der Waals surface area contributed by atoms with E-state index in [-0.39, 0.29) is 5.91 Å². The number of para-hydroxylation sites is 1. The smallest absolute Gasteiger partial charge is 0.255 e. The third-order valence-corrected chi connectivity index (χ3v) is 4.78. The van der Waals surface area contributed by atoms with Crippen molar-refractivity contribution in [3.8, 4) is 11.3 Å². The molecule has 2 heterocycles. The third kappa shape index (κ3) is 4.11. The van der Waals surface area contributed by atoms with Crippen molar-refractivity contribution in [1.29, 1.82) is 0 Å². The Bertz CT molecular complexity index is 1360. The summed E-state index contributed by atoms with van der Waals surface area (Å²) < 4.78 is 0. The van der Waals surface area contributed by atoms with Crippen molar-refractivity contribution >= 4 is 34.3 Å². The van der Waals surface area contributed by atoms with Gasteiger partial charge in [0.2, 0.25) is 5.95 Å². The molecule has 2 aromatic heterocycles. The van der Waals surface area contributed by atoms with Gasteiger partial charge in [0.25, 0.3) is 5.91 Å². The largest absolute Gasteiger partial charge is 0.345 e. The molecule has 0 aliphatic carbocycles. The number of H-pyrrole nitrogens is 1. The summed E-state index contributed by atoms with van der Waals surface area (Å²) in [6.07, 6.45) is 3.37. The van der Waals surface area contributed by atoms with E-state index < -0.39 is 0 Å². The monoisotopic (exact) mass is 406 g/mol. The first-order valence-electron chi connectivity index (χ1n) is 9.75. The van der Waals surface area contributed by atoms with Gasteiger partial charge in [-0.2, -0.15) is 0 Å². The molecule has 5 rings (SSSR count). The van der Waals surface area contributed by atoms with E-state index in [1.165, 1.54) is 0 Å². The Balaban J connectivity index is 1.36. The van der Waals surface area contributed by atoms with E-state index in [0.717, 1.165) is 33.7 Å². The van der Waals surface area contributed by atoms with Gasteiger partial charge in [0.15, 0.2) is 0 Å². The van der Waals surface area contributed by atoms with Gasteiger partial charge >= 0.3 is 0 Å². The predicted molar refractivity (Wildman–Crippen MR) is 121 cm³/mol. The lowest BCUT2D eigenvalue weighted by atomic mass is 10.1. The van der Waals surface area contributed by atoms with E-state index >= 15 is 0 Å². The van der Waals surface area contributed by atoms with E-state index in [2.05, 4.69) is 30.6 Å². The van der Waals surface area contributed by atoms with Crippen molar-refractivity contribution in [3.63, 3.8) is 0 Å². The standard InChI is InChI=1S/C24H18N6O/c31-23(28-18-6-2-1-3-7-18)17-5-4-8-19(13-17)29-24-25-12-11-20(30-24)16-9-10-21-22(14-16)27-15-26-21/h1-15H,(H,26,27)(H,28,31)(H,25,29,30). The van der Waals surface area contributed by atoms with Gasteiger partial charge in [0, 0.05) is 28.7 Å². The van der Waals surface area contributed by atoms with Crippen LogP contribution in [0.1, 0.15) is 10.4 Å². The van der Waals surface area contributed by atoms with Crippen molar-refractivity contribution in [2.45, 2.75) is 0 Å². The highest BCUT2D eigenvalue weighted by atomic mass is 16.1. The predicted octanol–water partition coefficient (Wildman–Crippen LogP) is 5.02. The number of carbonyl (C=O) groups excluding carboxylic acids is 1. The number of aromatic nitrogens is 4. The van der Waals surface area contributed by atoms with Gasteiger partial charge in [0.05, 0.1) is 23.1 Å². The summed E-state index contributed by atoms with van der Waals surface area (Å²) in [5, 5.41) is 6.07. The molecule has 0 aliphatic rings. The molecule has 0 radical (unpaired) electrons. The highest BCUT2D eigenvalue weighted by Crippen LogP contribution is 2.23. The zero-order chi connectivity index (χ0) is 21.0. The highest BCUT2D eigenvalue weighted by molar-refractivity contribution is 6.04. The van der Waals surface area contributed by atoms with Crippen LogP contribution in [0.5, 0.6) is 0 Å². The quantitative estimate of drug-likeness (QED) is 0.381. The molecule has 0 spiro atoms. The maximum atomic E-state index is 12.6. The fourth-order valence-electron chi connectivity index (χ4n) is 3.27. The molecule has 0 saturated heterocycles. The van der Waals surface area contributed by atoms with Gasteiger partial charge in [-0.3, -0.25) is 4.79 Å². The van der Waals surface area contributed by atoms with Crippen LogP contribution in [0.25, 0.3) is 22.3 Å². The van der Waals surface area contributed by atoms with E-state index in [1.807, 2.05) is 66.7 Å². The van der Waals surface area contributed by atoms with Crippen LogP contribution in [0, 0.1) is 0 Å². The number of amides is 1. The lowest BCUT2D eigenvalue weighted by Crippen LogP contribution is -2.12. The summed E-state index contributed by atoms with van der Waals surface area (Å²) >= 11 is 0. The molecule has 0 saturated carbocycles. The number of carbonyl (C=O) groups is 1. The molecule has 31 heavy (non-hydrogen) atoms. The van der Waals surface area contributed by atoms with Crippen LogP contribution in [0.2, 0.25) is 0 Å². The number of hydrogen-bond donors (Lipinski definition) is 3. The Morgan fingerprint density at radius 2 is 1.71 bits per heavy atom. The molecule has 0 bridgehead atoms. The maximum Gasteiger partial charge on any atom is 0.255 e. The molecule has 1 amide bonds. The second-order valence-corrected chi connectivity index (χ2v) is 6.93. The molecule has 3 N–H and O–H groups in total. The van der Waals surface area contributed by atoms with Crippen LogP contribution in [0.15, 0.2) is 91.4 Å². The molecular formula is C24H18N6O. The van der Waals surface area contributed by atoms with Gasteiger partial charge in [-0.25, -0.2) is 15.0 Å². The lowest BCUT2D eigenvalue weighted by Gasteiger charge is -2.09. The third-order valence-electron chi connectivity index (χ3n) is 4.78. The number of nitrogens with zero attached hydrogens (tertiary/aromatic N) is 3. The Hall–Kier alpha value is -4.52. The summed E-state index contributed by atoms with van der Waals surface area (Å²) in [6, 6.07) is 24.4. The molecule has 0 aliphatic heterocycles. The first-order valence-corrected chi connectivity index (χ1v) is 9.75. The number of fused-ring (bicyclic) bond motifs is 1. The normalized spacial score (nSPS) is 10.7. The SMILES string of the molecule is O=C(Nc1ccccc1)c1cccc(Nc2nccc(-c3ccc4nc[nH]c4c3)n2)c1. The molecule has 7 nitrogen and oxygen atoms in total. The van der Waals surface area contributed by atoms with Gasteiger partial charge in [0.1, 0.15) is 0 Å². The minimum absolute atomic E-state index is 0.183. The number of rotatable bonds is 5.